The normalized spacial score (nSPS) is 12.8. The van der Waals surface area contributed by atoms with Gasteiger partial charge in [-0.2, -0.15) is 0 Å². The topological polar surface area (TPSA) is 77.2 Å². The van der Waals surface area contributed by atoms with E-state index in [1.165, 1.54) is 18.2 Å². The Kier molecular flexibility index (Phi) is 2.69. The van der Waals surface area contributed by atoms with Crippen LogP contribution in [0.2, 0.25) is 0 Å². The van der Waals surface area contributed by atoms with Crippen molar-refractivity contribution in [3.8, 4) is 0 Å². The van der Waals surface area contributed by atoms with Crippen LogP contribution in [0, 0.1) is 0 Å². The summed E-state index contributed by atoms with van der Waals surface area (Å²) in [5, 5.41) is -0.675. The third-order valence-corrected chi connectivity index (χ3v) is 3.52. The van der Waals surface area contributed by atoms with Crippen molar-refractivity contribution in [2.24, 2.45) is 0 Å². The molecule has 3 rings (SSSR count). The number of nitrogens with two attached hydrogens (primary N) is 1. The number of fused-ring (bicyclic) bond motifs is 2. The van der Waals surface area contributed by atoms with Gasteiger partial charge in [0.15, 0.2) is 11.6 Å². The van der Waals surface area contributed by atoms with Crippen molar-refractivity contribution >= 4 is 34.1 Å². The van der Waals surface area contributed by atoms with E-state index in [4.69, 9.17) is 17.3 Å². The van der Waals surface area contributed by atoms with Gasteiger partial charge in [0.25, 0.3) is 5.24 Å². The van der Waals surface area contributed by atoms with Crippen LogP contribution in [0.25, 0.3) is 0 Å². The molecule has 2 aromatic carbocycles. The molecule has 2 aromatic rings. The summed E-state index contributed by atoms with van der Waals surface area (Å²) in [5.41, 5.74) is 7.12. The largest absolute Gasteiger partial charge is 0.398 e. The fourth-order valence-corrected chi connectivity index (χ4v) is 2.46. The van der Waals surface area contributed by atoms with Crippen molar-refractivity contribution in [3.63, 3.8) is 0 Å². The van der Waals surface area contributed by atoms with Gasteiger partial charge in [-0.15, -0.1) is 0 Å². The number of hydrogen-bond donors (Lipinski definition) is 1. The van der Waals surface area contributed by atoms with E-state index in [1.54, 1.807) is 18.2 Å². The fraction of sp³-hybridized carbons (Fsp3) is 0. The first-order valence-corrected chi connectivity index (χ1v) is 6.20. The summed E-state index contributed by atoms with van der Waals surface area (Å²) in [7, 11) is 0. The van der Waals surface area contributed by atoms with Gasteiger partial charge >= 0.3 is 0 Å². The molecule has 5 heteroatoms. The summed E-state index contributed by atoms with van der Waals surface area (Å²) in [5.74, 6) is -0.650. The molecule has 1 aliphatic rings. The highest BCUT2D eigenvalue weighted by Gasteiger charge is 2.31. The number of carbonyl (C=O) groups excluding carboxylic acids is 3. The maximum atomic E-state index is 12.4. The summed E-state index contributed by atoms with van der Waals surface area (Å²) in [6.45, 7) is 0. The summed E-state index contributed by atoms with van der Waals surface area (Å²) >= 11 is 5.40. The van der Waals surface area contributed by atoms with Gasteiger partial charge in [0.1, 0.15) is 0 Å². The predicted molar refractivity (Wildman–Crippen MR) is 74.3 cm³/mol. The van der Waals surface area contributed by atoms with Crippen molar-refractivity contribution < 1.29 is 14.4 Å². The Morgan fingerprint density at radius 3 is 2.40 bits per heavy atom. The van der Waals surface area contributed by atoms with Crippen molar-refractivity contribution in [1.82, 2.24) is 0 Å². The van der Waals surface area contributed by atoms with Crippen molar-refractivity contribution in [3.05, 3.63) is 64.2 Å². The molecule has 0 saturated carbocycles. The number of anilines is 1. The zero-order chi connectivity index (χ0) is 14.4. The Morgan fingerprint density at radius 2 is 1.70 bits per heavy atom. The van der Waals surface area contributed by atoms with Crippen molar-refractivity contribution in [2.75, 3.05) is 5.73 Å². The van der Waals surface area contributed by atoms with Gasteiger partial charge in [-0.05, 0) is 35.9 Å². The molecule has 0 unspecified atom stereocenters. The van der Waals surface area contributed by atoms with E-state index >= 15 is 0 Å². The average Bonchev–Trinajstić information content (AvgIpc) is 2.44. The van der Waals surface area contributed by atoms with E-state index in [1.807, 2.05) is 0 Å². The third-order valence-electron chi connectivity index (χ3n) is 3.30. The minimum absolute atomic E-state index is 0.180. The van der Waals surface area contributed by atoms with E-state index in [0.29, 0.717) is 0 Å². The Labute approximate surface area is 119 Å². The first-order valence-electron chi connectivity index (χ1n) is 5.82. The molecule has 0 fully saturated rings. The molecule has 20 heavy (non-hydrogen) atoms. The molecule has 4 nitrogen and oxygen atoms in total. The SMILES string of the molecule is Nc1cccc2c1C(=O)c1ccc(C(=O)Cl)cc1C2=O. The predicted octanol–water partition coefficient (Wildman–Crippen LogP) is 2.42. The Balaban J connectivity index is 2.29. The second-order valence-electron chi connectivity index (χ2n) is 4.46. The molecule has 0 bridgehead atoms. The minimum Gasteiger partial charge on any atom is -0.398 e. The second kappa shape index (κ2) is 4.28. The molecule has 0 aromatic heterocycles. The number of rotatable bonds is 1. The van der Waals surface area contributed by atoms with Crippen LogP contribution in [0.5, 0.6) is 0 Å². The number of benzene rings is 2. The van der Waals surface area contributed by atoms with E-state index in [-0.39, 0.29) is 45.1 Å². The van der Waals surface area contributed by atoms with Crippen molar-refractivity contribution in [2.45, 2.75) is 0 Å². The molecule has 98 valence electrons. The van der Waals surface area contributed by atoms with Crippen molar-refractivity contribution in [1.29, 1.82) is 0 Å². The zero-order valence-electron chi connectivity index (χ0n) is 10.1. The van der Waals surface area contributed by atoms with E-state index in [9.17, 15) is 14.4 Å². The quantitative estimate of drug-likeness (QED) is 0.550. The molecule has 0 aliphatic heterocycles. The lowest BCUT2D eigenvalue weighted by Gasteiger charge is -2.19. The van der Waals surface area contributed by atoms with Gasteiger partial charge in [0, 0.05) is 27.9 Å². The molecule has 1 aliphatic carbocycles. The van der Waals surface area contributed by atoms with Gasteiger partial charge in [-0.1, -0.05) is 12.1 Å². The number of hydrogen-bond acceptors (Lipinski definition) is 4. The van der Waals surface area contributed by atoms with Crippen LogP contribution in [-0.2, 0) is 0 Å². The smallest absolute Gasteiger partial charge is 0.252 e. The van der Waals surface area contributed by atoms with Crippen LogP contribution >= 0.6 is 11.6 Å². The van der Waals surface area contributed by atoms with Crippen LogP contribution in [0.15, 0.2) is 36.4 Å². The zero-order valence-corrected chi connectivity index (χ0v) is 10.9. The Bertz CT molecular complexity index is 796. The van der Waals surface area contributed by atoms with E-state index in [2.05, 4.69) is 0 Å². The highest BCUT2D eigenvalue weighted by molar-refractivity contribution is 6.67. The third kappa shape index (κ3) is 1.66. The van der Waals surface area contributed by atoms with Gasteiger partial charge in [-0.3, -0.25) is 14.4 Å². The molecule has 0 atom stereocenters. The van der Waals surface area contributed by atoms with Crippen LogP contribution in [0.3, 0.4) is 0 Å². The lowest BCUT2D eigenvalue weighted by molar-refractivity contribution is 0.0979. The van der Waals surface area contributed by atoms with E-state index in [0.717, 1.165) is 0 Å². The first kappa shape index (κ1) is 12.6. The summed E-state index contributed by atoms with van der Waals surface area (Å²) in [6, 6.07) is 8.93. The molecule has 0 saturated heterocycles. The number of carbonyl (C=O) groups is 3. The van der Waals surface area contributed by atoms with Crippen LogP contribution in [0.1, 0.15) is 42.2 Å². The number of ketones is 2. The second-order valence-corrected chi connectivity index (χ2v) is 4.81. The van der Waals surface area contributed by atoms with Gasteiger partial charge in [0.05, 0.1) is 5.56 Å². The fourth-order valence-electron chi connectivity index (χ4n) is 2.34. The molecule has 0 heterocycles. The summed E-state index contributed by atoms with van der Waals surface area (Å²) < 4.78 is 0. The first-order chi connectivity index (χ1) is 9.50. The lowest BCUT2D eigenvalue weighted by atomic mass is 9.82. The number of halogens is 1. The lowest BCUT2D eigenvalue weighted by Crippen LogP contribution is -2.22. The molecule has 2 N–H and O–H groups in total. The van der Waals surface area contributed by atoms with Crippen LogP contribution in [-0.4, -0.2) is 16.8 Å². The van der Waals surface area contributed by atoms with Crippen LogP contribution in [0.4, 0.5) is 5.69 Å². The van der Waals surface area contributed by atoms with E-state index < -0.39 is 5.24 Å². The average molecular weight is 286 g/mol. The molecular formula is C15H8ClNO3. The summed E-state index contributed by atoms with van der Waals surface area (Å²) in [4.78, 5) is 36.0. The van der Waals surface area contributed by atoms with Crippen LogP contribution < -0.4 is 5.73 Å². The summed E-state index contributed by atoms with van der Waals surface area (Å²) in [6.07, 6.45) is 0. The maximum absolute atomic E-state index is 12.4. The van der Waals surface area contributed by atoms with Gasteiger partial charge in [0.2, 0.25) is 0 Å². The maximum Gasteiger partial charge on any atom is 0.252 e. The van der Waals surface area contributed by atoms with Gasteiger partial charge in [-0.25, -0.2) is 0 Å². The molecular weight excluding hydrogens is 278 g/mol. The molecule has 0 amide bonds. The Hall–Kier alpha value is -2.46. The standard InChI is InChI=1S/C15H8ClNO3/c16-15(20)7-4-5-8-10(6-7)13(18)9-2-1-3-11(17)12(9)14(8)19/h1-6H,17H2. The molecule has 0 spiro atoms. The highest BCUT2D eigenvalue weighted by atomic mass is 35.5. The minimum atomic E-state index is -0.675. The number of nitrogen functional groups attached to an aromatic ring is 1. The molecule has 0 radical (unpaired) electrons. The highest BCUT2D eigenvalue weighted by Crippen LogP contribution is 2.31. The Morgan fingerprint density at radius 1 is 0.950 bits per heavy atom. The monoisotopic (exact) mass is 285 g/mol. The van der Waals surface area contributed by atoms with Gasteiger partial charge < -0.3 is 5.73 Å².